The van der Waals surface area contributed by atoms with Crippen LogP contribution in [-0.4, -0.2) is 62.2 Å². The van der Waals surface area contributed by atoms with Crippen LogP contribution in [0.2, 0.25) is 0 Å². The molecule has 0 aliphatic rings. The highest BCUT2D eigenvalue weighted by Crippen LogP contribution is 2.16. The number of nitrogens with zero attached hydrogens (tertiary/aromatic N) is 3. The van der Waals surface area contributed by atoms with Crippen molar-refractivity contribution in [2.24, 2.45) is 4.99 Å². The number of rotatable bonds is 13. The Morgan fingerprint density at radius 2 is 1.94 bits per heavy atom. The molecule has 2 N–H and O–H groups in total. The highest BCUT2D eigenvalue weighted by molar-refractivity contribution is 14.0. The summed E-state index contributed by atoms with van der Waals surface area (Å²) in [6.07, 6.45) is 1.57. The lowest BCUT2D eigenvalue weighted by Gasteiger charge is -2.14. The average molecular weight is 547 g/mol. The van der Waals surface area contributed by atoms with Crippen molar-refractivity contribution in [2.45, 2.75) is 39.7 Å². The van der Waals surface area contributed by atoms with Crippen molar-refractivity contribution in [2.75, 3.05) is 45.3 Å². The Balaban J connectivity index is 0.00000480. The fourth-order valence-corrected chi connectivity index (χ4v) is 2.50. The molecular weight excluding hydrogens is 513 g/mol. The zero-order chi connectivity index (χ0) is 21.6. The summed E-state index contributed by atoms with van der Waals surface area (Å²) in [6, 6.07) is 7.80. The van der Waals surface area contributed by atoms with Crippen LogP contribution in [0.1, 0.15) is 32.0 Å². The Hall–Kier alpha value is -1.92. The molecule has 31 heavy (non-hydrogen) atoms. The fraction of sp³-hybridized carbons (Fsp3) is 0.571. The van der Waals surface area contributed by atoms with Gasteiger partial charge in [0.2, 0.25) is 5.89 Å². The van der Waals surface area contributed by atoms with Gasteiger partial charge in [0.1, 0.15) is 5.75 Å². The number of methoxy groups -OCH3 is 1. The van der Waals surface area contributed by atoms with Gasteiger partial charge in [0.15, 0.2) is 11.8 Å². The van der Waals surface area contributed by atoms with E-state index < -0.39 is 0 Å². The molecule has 174 valence electrons. The van der Waals surface area contributed by atoms with Gasteiger partial charge < -0.3 is 29.4 Å². The molecule has 0 amide bonds. The van der Waals surface area contributed by atoms with Crippen LogP contribution in [0.25, 0.3) is 0 Å². The van der Waals surface area contributed by atoms with E-state index in [0.717, 1.165) is 17.9 Å². The summed E-state index contributed by atoms with van der Waals surface area (Å²) < 4.78 is 21.3. The molecule has 0 bridgehead atoms. The minimum absolute atomic E-state index is 0. The molecule has 9 nitrogen and oxygen atoms in total. The summed E-state index contributed by atoms with van der Waals surface area (Å²) in [5, 5.41) is 10.4. The number of guanidine groups is 1. The van der Waals surface area contributed by atoms with E-state index >= 15 is 0 Å². The number of aliphatic imine (C=N–C) groups is 1. The second-order valence-electron chi connectivity index (χ2n) is 6.92. The summed E-state index contributed by atoms with van der Waals surface area (Å²) in [5.74, 6) is 2.75. The van der Waals surface area contributed by atoms with E-state index in [1.54, 1.807) is 14.0 Å². The molecule has 0 unspecified atom stereocenters. The van der Waals surface area contributed by atoms with Crippen molar-refractivity contribution >= 4 is 35.6 Å². The molecule has 10 heteroatoms. The maximum absolute atomic E-state index is 5.69. The first-order valence-corrected chi connectivity index (χ1v) is 10.2. The number of hydrogen-bond donors (Lipinski definition) is 2. The number of aryl methyl sites for hydroxylation is 1. The van der Waals surface area contributed by atoms with Gasteiger partial charge in [0.25, 0.3) is 0 Å². The first kappa shape index (κ1) is 27.1. The van der Waals surface area contributed by atoms with E-state index in [0.29, 0.717) is 57.0 Å². The largest absolute Gasteiger partial charge is 0.491 e. The lowest BCUT2D eigenvalue weighted by atomic mass is 10.3. The number of anilines is 1. The highest BCUT2D eigenvalue weighted by atomic mass is 127. The van der Waals surface area contributed by atoms with Crippen molar-refractivity contribution in [3.63, 3.8) is 0 Å². The van der Waals surface area contributed by atoms with Gasteiger partial charge in [0, 0.05) is 38.9 Å². The van der Waals surface area contributed by atoms with Crippen molar-refractivity contribution in [1.29, 1.82) is 0 Å². The first-order chi connectivity index (χ1) is 14.6. The summed E-state index contributed by atoms with van der Waals surface area (Å²) in [7, 11) is 1.66. The third-order valence-electron chi connectivity index (χ3n) is 3.84. The second-order valence-corrected chi connectivity index (χ2v) is 6.92. The summed E-state index contributed by atoms with van der Waals surface area (Å²) in [4.78, 5) is 8.85. The molecule has 0 spiro atoms. The summed E-state index contributed by atoms with van der Waals surface area (Å²) >= 11 is 0. The molecule has 0 saturated carbocycles. The Bertz CT molecular complexity index is 752. The summed E-state index contributed by atoms with van der Waals surface area (Å²) in [5.41, 5.74) is 0.919. The quantitative estimate of drug-likeness (QED) is 0.170. The van der Waals surface area contributed by atoms with E-state index in [-0.39, 0.29) is 30.1 Å². The van der Waals surface area contributed by atoms with E-state index in [1.807, 2.05) is 38.1 Å². The number of nitrogens with one attached hydrogen (secondary N) is 2. The zero-order valence-electron chi connectivity index (χ0n) is 18.7. The average Bonchev–Trinajstić information content (AvgIpc) is 3.13. The number of ether oxygens (including phenoxy) is 3. The first-order valence-electron chi connectivity index (χ1n) is 10.2. The molecule has 0 aliphatic heterocycles. The molecule has 0 aliphatic carbocycles. The lowest BCUT2D eigenvalue weighted by molar-refractivity contribution is 0.0702. The van der Waals surface area contributed by atoms with E-state index in [9.17, 15) is 0 Å². The maximum atomic E-state index is 5.69. The minimum Gasteiger partial charge on any atom is -0.491 e. The van der Waals surface area contributed by atoms with Crippen LogP contribution in [0.4, 0.5) is 5.69 Å². The topological polar surface area (TPSA) is 103 Å². The molecule has 0 radical (unpaired) electrons. The van der Waals surface area contributed by atoms with Crippen molar-refractivity contribution in [3.8, 4) is 5.75 Å². The van der Waals surface area contributed by atoms with Gasteiger partial charge in [0.05, 0.1) is 19.3 Å². The molecule has 1 aromatic heterocycles. The maximum Gasteiger partial charge on any atom is 0.228 e. The molecule has 1 aromatic carbocycles. The summed E-state index contributed by atoms with van der Waals surface area (Å²) in [6.45, 7) is 8.90. The second kappa shape index (κ2) is 15.8. The zero-order valence-corrected chi connectivity index (χ0v) is 21.0. The Morgan fingerprint density at radius 1 is 1.16 bits per heavy atom. The van der Waals surface area contributed by atoms with E-state index in [2.05, 4.69) is 25.8 Å². The predicted octanol–water partition coefficient (Wildman–Crippen LogP) is 3.44. The molecular formula is C21H34IN5O4. The van der Waals surface area contributed by atoms with E-state index in [4.69, 9.17) is 18.7 Å². The van der Waals surface area contributed by atoms with Gasteiger partial charge in [-0.2, -0.15) is 4.98 Å². The third kappa shape index (κ3) is 11.9. The van der Waals surface area contributed by atoms with Gasteiger partial charge in [-0.05, 0) is 51.5 Å². The van der Waals surface area contributed by atoms with Crippen LogP contribution in [-0.2, 0) is 15.9 Å². The SMILES string of the molecule is COCCOCCCN=C(NCCc1nc(C)no1)Nc1ccc(OC(C)C)cc1.I. The lowest BCUT2D eigenvalue weighted by Crippen LogP contribution is -2.32. The van der Waals surface area contributed by atoms with Crippen molar-refractivity contribution in [3.05, 3.63) is 36.0 Å². The van der Waals surface area contributed by atoms with Crippen LogP contribution < -0.4 is 15.4 Å². The van der Waals surface area contributed by atoms with Gasteiger partial charge in [-0.25, -0.2) is 0 Å². The van der Waals surface area contributed by atoms with E-state index in [1.165, 1.54) is 0 Å². The number of benzene rings is 1. The van der Waals surface area contributed by atoms with Crippen LogP contribution in [0.15, 0.2) is 33.8 Å². The molecule has 0 saturated heterocycles. The number of halogens is 1. The molecule has 2 aromatic rings. The van der Waals surface area contributed by atoms with Crippen LogP contribution >= 0.6 is 24.0 Å². The Morgan fingerprint density at radius 3 is 2.58 bits per heavy atom. The van der Waals surface area contributed by atoms with Gasteiger partial charge in [-0.3, -0.25) is 4.99 Å². The van der Waals surface area contributed by atoms with Gasteiger partial charge in [-0.1, -0.05) is 5.16 Å². The van der Waals surface area contributed by atoms with Crippen molar-refractivity contribution in [1.82, 2.24) is 15.5 Å². The number of hydrogen-bond acceptors (Lipinski definition) is 7. The predicted molar refractivity (Wildman–Crippen MR) is 132 cm³/mol. The minimum atomic E-state index is 0. The van der Waals surface area contributed by atoms with Crippen LogP contribution in [0.3, 0.4) is 0 Å². The molecule has 0 atom stereocenters. The smallest absolute Gasteiger partial charge is 0.228 e. The highest BCUT2D eigenvalue weighted by Gasteiger charge is 2.05. The van der Waals surface area contributed by atoms with Gasteiger partial charge in [-0.15, -0.1) is 24.0 Å². The van der Waals surface area contributed by atoms with Gasteiger partial charge >= 0.3 is 0 Å². The van der Waals surface area contributed by atoms with Crippen LogP contribution in [0, 0.1) is 6.92 Å². The molecule has 0 fully saturated rings. The normalized spacial score (nSPS) is 11.3. The fourth-order valence-electron chi connectivity index (χ4n) is 2.50. The standard InChI is InChI=1S/C21H33N5O4.HI/c1-16(2)29-19-8-6-18(7-9-19)25-21(22-11-5-13-28-15-14-27-4)23-12-10-20-24-17(3)26-30-20;/h6-9,16H,5,10-15H2,1-4H3,(H2,22,23,25);1H. The molecule has 1 heterocycles. The number of aromatic nitrogens is 2. The van der Waals surface area contributed by atoms with Crippen molar-refractivity contribution < 1.29 is 18.7 Å². The third-order valence-corrected chi connectivity index (χ3v) is 3.84. The monoisotopic (exact) mass is 547 g/mol. The Labute approximate surface area is 201 Å². The van der Waals surface area contributed by atoms with Crippen LogP contribution in [0.5, 0.6) is 5.75 Å². The Kier molecular flexibility index (Phi) is 13.8. The molecule has 2 rings (SSSR count).